The van der Waals surface area contributed by atoms with Gasteiger partial charge >= 0.3 is 0 Å². The Morgan fingerprint density at radius 3 is 1.94 bits per heavy atom. The van der Waals surface area contributed by atoms with Gasteiger partial charge in [-0.15, -0.1) is 0 Å². The van der Waals surface area contributed by atoms with Crippen molar-refractivity contribution >= 4 is 59.7 Å². The van der Waals surface area contributed by atoms with E-state index in [9.17, 15) is 21.6 Å². The van der Waals surface area contributed by atoms with Gasteiger partial charge in [0.25, 0.3) is 5.91 Å². The maximum atomic E-state index is 13.6. The van der Waals surface area contributed by atoms with E-state index in [4.69, 9.17) is 16.0 Å². The van der Waals surface area contributed by atoms with E-state index in [-0.39, 0.29) is 35.2 Å². The van der Waals surface area contributed by atoms with Gasteiger partial charge < -0.3 is 4.42 Å². The zero-order valence-electron chi connectivity index (χ0n) is 25.3. The summed E-state index contributed by atoms with van der Waals surface area (Å²) in [5.74, 6) is -0.0823. The molecule has 0 saturated heterocycles. The molecule has 0 aliphatic heterocycles. The largest absolute Gasteiger partial charge is 0.459 e. The third-order valence-corrected chi connectivity index (χ3v) is 11.4. The van der Waals surface area contributed by atoms with Gasteiger partial charge in [0.1, 0.15) is 11.5 Å². The maximum Gasteiger partial charge on any atom is 0.255 e. The van der Waals surface area contributed by atoms with E-state index >= 15 is 0 Å². The van der Waals surface area contributed by atoms with Crippen molar-refractivity contribution in [1.82, 2.24) is 14.0 Å². The summed E-state index contributed by atoms with van der Waals surface area (Å²) in [5, 5.41) is 4.48. The topological polar surface area (TPSA) is 129 Å². The summed E-state index contributed by atoms with van der Waals surface area (Å²) >= 11 is 9.33. The Morgan fingerprint density at radius 2 is 1.27 bits per heavy atom. The lowest BCUT2D eigenvalue weighted by Crippen LogP contribution is -2.39. The summed E-state index contributed by atoms with van der Waals surface area (Å²) in [6.07, 6.45) is 1.25. The first-order chi connectivity index (χ1) is 23.0. The molecule has 10 nitrogen and oxygen atoms in total. The van der Waals surface area contributed by atoms with Gasteiger partial charge in [-0.25, -0.2) is 22.3 Å². The molecule has 4 aromatic carbocycles. The Bertz CT molecular complexity index is 2080. The number of carbonyl (C=O) groups excluding carboxylic acids is 1. The van der Waals surface area contributed by atoms with Gasteiger partial charge in [-0.1, -0.05) is 88.2 Å². The molecule has 0 atom stereocenters. The van der Waals surface area contributed by atoms with Gasteiger partial charge in [0.15, 0.2) is 0 Å². The highest BCUT2D eigenvalue weighted by molar-refractivity contribution is 9.10. The number of hydrogen-bond acceptors (Lipinski definition) is 7. The summed E-state index contributed by atoms with van der Waals surface area (Å²) in [6, 6.07) is 33.3. The predicted octanol–water partition coefficient (Wildman–Crippen LogP) is 6.43. The molecule has 0 aliphatic carbocycles. The monoisotopic (exact) mass is 768 g/mol. The molecule has 0 bridgehead atoms. The van der Waals surface area contributed by atoms with Crippen LogP contribution in [0.5, 0.6) is 0 Å². The predicted molar refractivity (Wildman–Crippen MR) is 187 cm³/mol. The molecule has 1 aromatic heterocycles. The minimum Gasteiger partial charge on any atom is -0.459 e. The van der Waals surface area contributed by atoms with Crippen LogP contribution in [0.3, 0.4) is 0 Å². The lowest BCUT2D eigenvalue weighted by Gasteiger charge is -2.21. The SMILES string of the molecule is O=C(CN(Cc1ccccc1)S(=O)(=O)c1ccc(Br)cc1)N/N=C\c1ccc(CN(Cc2ccc(Cl)cc2)S(=O)(=O)c2ccccc2)o1. The van der Waals surface area contributed by atoms with Crippen molar-refractivity contribution in [3.8, 4) is 0 Å². The van der Waals surface area contributed by atoms with Crippen LogP contribution in [0, 0.1) is 0 Å². The Kier molecular flexibility index (Phi) is 11.6. The number of benzene rings is 4. The number of rotatable bonds is 14. The molecule has 48 heavy (non-hydrogen) atoms. The number of sulfonamides is 2. The first kappa shape index (κ1) is 35.2. The van der Waals surface area contributed by atoms with Crippen LogP contribution in [0.15, 0.2) is 145 Å². The quantitative estimate of drug-likeness (QED) is 0.103. The molecule has 0 spiro atoms. The second kappa shape index (κ2) is 15.9. The van der Waals surface area contributed by atoms with E-state index in [1.165, 1.54) is 34.8 Å². The summed E-state index contributed by atoms with van der Waals surface area (Å²) in [6.45, 7) is -0.541. The van der Waals surface area contributed by atoms with Crippen molar-refractivity contribution in [3.05, 3.63) is 153 Å². The molecule has 5 aromatic rings. The van der Waals surface area contributed by atoms with Crippen LogP contribution >= 0.6 is 27.5 Å². The number of nitrogens with one attached hydrogen (secondary N) is 1. The fraction of sp³-hybridized carbons (Fsp3) is 0.118. The molecule has 0 fully saturated rings. The van der Waals surface area contributed by atoms with Gasteiger partial charge in [0.2, 0.25) is 20.0 Å². The van der Waals surface area contributed by atoms with Crippen LogP contribution < -0.4 is 5.43 Å². The first-order valence-electron chi connectivity index (χ1n) is 14.5. The number of carbonyl (C=O) groups is 1. The van der Waals surface area contributed by atoms with Crippen LogP contribution in [0.1, 0.15) is 22.6 Å². The van der Waals surface area contributed by atoms with E-state index in [1.54, 1.807) is 91.0 Å². The van der Waals surface area contributed by atoms with Crippen molar-refractivity contribution in [3.63, 3.8) is 0 Å². The van der Waals surface area contributed by atoms with Crippen molar-refractivity contribution < 1.29 is 26.0 Å². The molecule has 1 amide bonds. The molecule has 0 aliphatic rings. The molecule has 1 N–H and O–H groups in total. The summed E-state index contributed by atoms with van der Waals surface area (Å²) in [5.41, 5.74) is 3.79. The number of furan rings is 1. The van der Waals surface area contributed by atoms with E-state index in [0.29, 0.717) is 16.3 Å². The Balaban J connectivity index is 1.28. The zero-order chi connectivity index (χ0) is 34.1. The Morgan fingerprint density at radius 1 is 0.708 bits per heavy atom. The second-order valence-corrected chi connectivity index (χ2v) is 15.8. The number of hydrogen-bond donors (Lipinski definition) is 1. The highest BCUT2D eigenvalue weighted by Gasteiger charge is 2.28. The molecule has 248 valence electrons. The van der Waals surface area contributed by atoms with Gasteiger partial charge in [-0.2, -0.15) is 13.7 Å². The first-order valence-corrected chi connectivity index (χ1v) is 18.6. The average molecular weight is 770 g/mol. The van der Waals surface area contributed by atoms with Gasteiger partial charge in [0, 0.05) is 22.6 Å². The van der Waals surface area contributed by atoms with E-state index in [2.05, 4.69) is 26.5 Å². The second-order valence-electron chi connectivity index (χ2n) is 10.5. The smallest absolute Gasteiger partial charge is 0.255 e. The molecule has 1 heterocycles. The molecule has 0 saturated carbocycles. The molecule has 0 unspecified atom stereocenters. The number of nitrogens with zero attached hydrogens (tertiary/aromatic N) is 3. The summed E-state index contributed by atoms with van der Waals surface area (Å²) < 4.78 is 63.0. The maximum absolute atomic E-state index is 13.6. The fourth-order valence-corrected chi connectivity index (χ4v) is 7.81. The van der Waals surface area contributed by atoms with E-state index in [0.717, 1.165) is 14.3 Å². The van der Waals surface area contributed by atoms with Crippen LogP contribution in [-0.4, -0.2) is 44.1 Å². The average Bonchev–Trinajstić information content (AvgIpc) is 3.53. The summed E-state index contributed by atoms with van der Waals surface area (Å²) in [7, 11) is -7.93. The Hall–Kier alpha value is -4.11. The minimum absolute atomic E-state index is 0.0314. The third kappa shape index (κ3) is 9.28. The number of hydrazone groups is 1. The minimum atomic E-state index is -4.03. The van der Waals surface area contributed by atoms with Crippen molar-refractivity contribution in [2.75, 3.05) is 6.54 Å². The van der Waals surface area contributed by atoms with Gasteiger partial charge in [-0.3, -0.25) is 4.79 Å². The number of amides is 1. The lowest BCUT2D eigenvalue weighted by molar-refractivity contribution is -0.121. The number of halogens is 2. The highest BCUT2D eigenvalue weighted by atomic mass is 79.9. The molecular weight excluding hydrogens is 740 g/mol. The van der Waals surface area contributed by atoms with E-state index in [1.807, 2.05) is 6.07 Å². The molecule has 0 radical (unpaired) electrons. The fourth-order valence-electron chi connectivity index (χ4n) is 4.62. The highest BCUT2D eigenvalue weighted by Crippen LogP contribution is 2.23. The van der Waals surface area contributed by atoms with Crippen LogP contribution in [-0.2, 0) is 44.5 Å². The van der Waals surface area contributed by atoms with Crippen molar-refractivity contribution in [2.45, 2.75) is 29.4 Å². The van der Waals surface area contributed by atoms with Crippen LogP contribution in [0.25, 0.3) is 0 Å². The van der Waals surface area contributed by atoms with Crippen LogP contribution in [0.4, 0.5) is 0 Å². The standard InChI is InChI=1S/C34H30BrClN4O6S2/c35-28-13-19-33(20-14-28)48(44,45)40(22-26-7-3-1-4-8-26)25-34(41)38-37-21-30-17-18-31(46-30)24-39(23-27-11-15-29(36)16-12-27)47(42,43)32-9-5-2-6-10-32/h1-21H,22-25H2,(H,38,41)/b37-21-. The summed E-state index contributed by atoms with van der Waals surface area (Å²) in [4.78, 5) is 13.1. The zero-order valence-corrected chi connectivity index (χ0v) is 29.3. The van der Waals surface area contributed by atoms with E-state index < -0.39 is 32.5 Å². The molecule has 5 rings (SSSR count). The Labute approximate surface area is 292 Å². The van der Waals surface area contributed by atoms with Crippen molar-refractivity contribution in [2.24, 2.45) is 5.10 Å². The molecule has 14 heteroatoms. The molecular formula is C34H30BrClN4O6S2. The third-order valence-electron chi connectivity index (χ3n) is 7.02. The van der Waals surface area contributed by atoms with Gasteiger partial charge in [0.05, 0.1) is 29.1 Å². The lowest BCUT2D eigenvalue weighted by atomic mass is 10.2. The van der Waals surface area contributed by atoms with Crippen LogP contribution in [0.2, 0.25) is 5.02 Å². The van der Waals surface area contributed by atoms with Crippen molar-refractivity contribution in [1.29, 1.82) is 0 Å². The normalized spacial score (nSPS) is 12.2. The van der Waals surface area contributed by atoms with Gasteiger partial charge in [-0.05, 0) is 71.8 Å².